The first-order valence-corrected chi connectivity index (χ1v) is 7.85. The normalized spacial score (nSPS) is 18.8. The molecule has 3 amide bonds. The Morgan fingerprint density at radius 3 is 2.64 bits per heavy atom. The standard InChI is InChI=1S/C17H23N3O5/c1-4-11(12(10-22)13(5-2)18-8-9-21)17(25)20(3)14-6-7-15(23)19-16(14)24/h4-5,10,14,18,21H,2,6-9H2,1,3H3,(H,19,23,24)/b11-4+,13-12+. The number of nitrogens with zero attached hydrogens (tertiary/aromatic N) is 1. The molecule has 0 saturated carbocycles. The van der Waals surface area contributed by atoms with E-state index in [0.29, 0.717) is 12.0 Å². The molecule has 0 bridgehead atoms. The van der Waals surface area contributed by atoms with E-state index in [9.17, 15) is 19.2 Å². The molecule has 3 N–H and O–H groups in total. The summed E-state index contributed by atoms with van der Waals surface area (Å²) in [6.07, 6.45) is 3.74. The molecule has 0 radical (unpaired) electrons. The zero-order chi connectivity index (χ0) is 19.0. The van der Waals surface area contributed by atoms with E-state index in [1.807, 2.05) is 0 Å². The van der Waals surface area contributed by atoms with E-state index in [1.54, 1.807) is 6.92 Å². The molecule has 0 aromatic rings. The van der Waals surface area contributed by atoms with Gasteiger partial charge in [0.05, 0.1) is 6.61 Å². The summed E-state index contributed by atoms with van der Waals surface area (Å²) in [6.45, 7) is 5.23. The molecular formula is C17H23N3O5. The van der Waals surface area contributed by atoms with Gasteiger partial charge in [0, 0.05) is 36.9 Å². The fourth-order valence-corrected chi connectivity index (χ4v) is 2.52. The average Bonchev–Trinajstić information content (AvgIpc) is 2.60. The second-order valence-corrected chi connectivity index (χ2v) is 5.39. The first kappa shape index (κ1) is 20.3. The van der Waals surface area contributed by atoms with Crippen LogP contribution in [0, 0.1) is 0 Å². The summed E-state index contributed by atoms with van der Waals surface area (Å²) < 4.78 is 0. The van der Waals surface area contributed by atoms with E-state index in [1.165, 1.54) is 24.1 Å². The maximum atomic E-state index is 12.8. The molecule has 0 aromatic carbocycles. The summed E-state index contributed by atoms with van der Waals surface area (Å²) >= 11 is 0. The Kier molecular flexibility index (Phi) is 7.74. The summed E-state index contributed by atoms with van der Waals surface area (Å²) in [5.74, 6) is -1.44. The van der Waals surface area contributed by atoms with E-state index in [-0.39, 0.29) is 43.0 Å². The van der Waals surface area contributed by atoms with Crippen molar-refractivity contribution in [2.45, 2.75) is 25.8 Å². The number of aldehydes is 1. The highest BCUT2D eigenvalue weighted by Gasteiger charge is 2.33. The minimum atomic E-state index is -0.786. The van der Waals surface area contributed by atoms with Gasteiger partial charge < -0.3 is 15.3 Å². The molecule has 1 unspecified atom stereocenters. The molecule has 136 valence electrons. The van der Waals surface area contributed by atoms with Crippen LogP contribution < -0.4 is 10.6 Å². The van der Waals surface area contributed by atoms with Crippen molar-refractivity contribution in [1.82, 2.24) is 15.5 Å². The Labute approximate surface area is 146 Å². The number of hydrogen-bond acceptors (Lipinski definition) is 6. The highest BCUT2D eigenvalue weighted by atomic mass is 16.3. The maximum absolute atomic E-state index is 12.8. The summed E-state index contributed by atoms with van der Waals surface area (Å²) in [6, 6.07) is -0.786. The van der Waals surface area contributed by atoms with E-state index >= 15 is 0 Å². The highest BCUT2D eigenvalue weighted by Crippen LogP contribution is 2.19. The summed E-state index contributed by atoms with van der Waals surface area (Å²) in [4.78, 5) is 48.7. The lowest BCUT2D eigenvalue weighted by molar-refractivity contribution is -0.142. The minimum absolute atomic E-state index is 0.0788. The van der Waals surface area contributed by atoms with Gasteiger partial charge in [0.25, 0.3) is 5.91 Å². The smallest absolute Gasteiger partial charge is 0.254 e. The van der Waals surface area contributed by atoms with Gasteiger partial charge in [-0.3, -0.25) is 24.5 Å². The predicted molar refractivity (Wildman–Crippen MR) is 91.1 cm³/mol. The Morgan fingerprint density at radius 2 is 2.16 bits per heavy atom. The largest absolute Gasteiger partial charge is 0.395 e. The fraction of sp³-hybridized carbons (Fsp3) is 0.412. The number of carbonyl (C=O) groups is 4. The van der Waals surface area contributed by atoms with Gasteiger partial charge >= 0.3 is 0 Å². The van der Waals surface area contributed by atoms with Crippen LogP contribution in [0.3, 0.4) is 0 Å². The van der Waals surface area contributed by atoms with Crippen molar-refractivity contribution in [3.05, 3.63) is 35.6 Å². The molecule has 8 nitrogen and oxygen atoms in total. The van der Waals surface area contributed by atoms with Crippen LogP contribution in [0.5, 0.6) is 0 Å². The van der Waals surface area contributed by atoms with Crippen molar-refractivity contribution in [3.63, 3.8) is 0 Å². The molecule has 1 rings (SSSR count). The van der Waals surface area contributed by atoms with Gasteiger partial charge in [-0.2, -0.15) is 0 Å². The molecule has 1 aliphatic heterocycles. The van der Waals surface area contributed by atoms with Crippen LogP contribution in [0.2, 0.25) is 0 Å². The van der Waals surface area contributed by atoms with E-state index < -0.39 is 17.9 Å². The maximum Gasteiger partial charge on any atom is 0.254 e. The van der Waals surface area contributed by atoms with Gasteiger partial charge in [0.2, 0.25) is 11.8 Å². The number of likely N-dealkylation sites (N-methyl/N-ethyl adjacent to an activating group) is 1. The SMILES string of the molecule is C=C/C(NCCO)=C(C=O)\C(=C/C)C(=O)N(C)C1CCC(=O)NC1=O. The van der Waals surface area contributed by atoms with Crippen LogP contribution in [0.1, 0.15) is 19.8 Å². The summed E-state index contributed by atoms with van der Waals surface area (Å²) in [5, 5.41) is 13.9. The third kappa shape index (κ3) is 4.87. The fourth-order valence-electron chi connectivity index (χ4n) is 2.52. The van der Waals surface area contributed by atoms with Crippen LogP contribution >= 0.6 is 0 Å². The monoisotopic (exact) mass is 349 g/mol. The zero-order valence-corrected chi connectivity index (χ0v) is 14.4. The molecule has 0 aliphatic carbocycles. The average molecular weight is 349 g/mol. The van der Waals surface area contributed by atoms with Gasteiger partial charge in [-0.05, 0) is 19.4 Å². The molecule has 1 aliphatic rings. The molecule has 0 spiro atoms. The van der Waals surface area contributed by atoms with E-state index in [2.05, 4.69) is 17.2 Å². The molecular weight excluding hydrogens is 326 g/mol. The lowest BCUT2D eigenvalue weighted by atomic mass is 10.00. The molecule has 1 saturated heterocycles. The molecule has 1 fully saturated rings. The Hall–Kier alpha value is -2.74. The number of amides is 3. The number of carbonyl (C=O) groups excluding carboxylic acids is 4. The van der Waals surface area contributed by atoms with Crippen molar-refractivity contribution in [3.8, 4) is 0 Å². The second kappa shape index (κ2) is 9.53. The zero-order valence-electron chi connectivity index (χ0n) is 14.4. The molecule has 25 heavy (non-hydrogen) atoms. The Balaban J connectivity index is 3.11. The second-order valence-electron chi connectivity index (χ2n) is 5.39. The van der Waals surface area contributed by atoms with Crippen molar-refractivity contribution >= 4 is 24.0 Å². The van der Waals surface area contributed by atoms with Gasteiger partial charge in [0.15, 0.2) is 6.29 Å². The predicted octanol–water partition coefficient (Wildman–Crippen LogP) is -0.583. The number of hydrogen-bond donors (Lipinski definition) is 3. The van der Waals surface area contributed by atoms with Crippen LogP contribution in [-0.4, -0.2) is 60.3 Å². The lowest BCUT2D eigenvalue weighted by Gasteiger charge is -2.30. The number of allylic oxidation sites excluding steroid dienone is 2. The number of aliphatic hydroxyl groups is 1. The number of aliphatic hydroxyl groups excluding tert-OH is 1. The molecule has 8 heteroatoms. The summed E-state index contributed by atoms with van der Waals surface area (Å²) in [7, 11) is 1.45. The minimum Gasteiger partial charge on any atom is -0.395 e. The van der Waals surface area contributed by atoms with E-state index in [4.69, 9.17) is 5.11 Å². The molecule has 1 heterocycles. The topological polar surface area (TPSA) is 116 Å². The third-order valence-electron chi connectivity index (χ3n) is 3.85. The van der Waals surface area contributed by atoms with Crippen molar-refractivity contribution in [2.75, 3.05) is 20.2 Å². The van der Waals surface area contributed by atoms with Crippen LogP contribution in [0.4, 0.5) is 0 Å². The first-order valence-electron chi connectivity index (χ1n) is 7.85. The van der Waals surface area contributed by atoms with Gasteiger partial charge in [-0.1, -0.05) is 12.7 Å². The quantitative estimate of drug-likeness (QED) is 0.234. The van der Waals surface area contributed by atoms with Crippen LogP contribution in [0.15, 0.2) is 35.6 Å². The van der Waals surface area contributed by atoms with Crippen LogP contribution in [-0.2, 0) is 19.2 Å². The molecule has 1 atom stereocenters. The first-order chi connectivity index (χ1) is 11.9. The molecule has 0 aromatic heterocycles. The Bertz CT molecular complexity index is 636. The van der Waals surface area contributed by atoms with Crippen molar-refractivity contribution < 1.29 is 24.3 Å². The highest BCUT2D eigenvalue weighted by molar-refractivity contribution is 6.08. The number of rotatable bonds is 8. The third-order valence-corrected chi connectivity index (χ3v) is 3.85. The van der Waals surface area contributed by atoms with Crippen molar-refractivity contribution in [1.29, 1.82) is 0 Å². The number of piperidine rings is 1. The van der Waals surface area contributed by atoms with Gasteiger partial charge in [0.1, 0.15) is 6.04 Å². The van der Waals surface area contributed by atoms with Gasteiger partial charge in [-0.25, -0.2) is 0 Å². The number of nitrogens with one attached hydrogen (secondary N) is 2. The lowest BCUT2D eigenvalue weighted by Crippen LogP contribution is -2.53. The van der Waals surface area contributed by atoms with Crippen molar-refractivity contribution in [2.24, 2.45) is 0 Å². The van der Waals surface area contributed by atoms with Crippen LogP contribution in [0.25, 0.3) is 0 Å². The van der Waals surface area contributed by atoms with E-state index in [0.717, 1.165) is 0 Å². The number of imide groups is 1. The van der Waals surface area contributed by atoms with Gasteiger partial charge in [-0.15, -0.1) is 0 Å². The Morgan fingerprint density at radius 1 is 1.48 bits per heavy atom. The summed E-state index contributed by atoms with van der Waals surface area (Å²) in [5.41, 5.74) is 0.486.